The maximum Gasteiger partial charge on any atom is 0.144 e. The Labute approximate surface area is 148 Å². The quantitative estimate of drug-likeness (QED) is 0.632. The highest BCUT2D eigenvalue weighted by Gasteiger charge is 2.12. The van der Waals surface area contributed by atoms with Gasteiger partial charge in [-0.15, -0.1) is 0 Å². The van der Waals surface area contributed by atoms with Crippen molar-refractivity contribution in [1.29, 1.82) is 0 Å². The molecule has 112 valence electrons. The molecule has 0 spiro atoms. The first-order chi connectivity index (χ1) is 9.88. The first-order valence-corrected chi connectivity index (χ1v) is 8.54. The van der Waals surface area contributed by atoms with Gasteiger partial charge in [0, 0.05) is 22.2 Å². The van der Waals surface area contributed by atoms with E-state index in [9.17, 15) is 0 Å². The Balaban J connectivity index is 2.41. The van der Waals surface area contributed by atoms with Gasteiger partial charge in [-0.05, 0) is 46.0 Å². The summed E-state index contributed by atoms with van der Waals surface area (Å²) >= 11 is 21.3. The molecule has 1 aromatic carbocycles. The van der Waals surface area contributed by atoms with Crippen LogP contribution in [0.4, 0.5) is 0 Å². The Hall–Kier alpha value is -0.420. The summed E-state index contributed by atoms with van der Waals surface area (Å²) in [5.41, 5.74) is 1.92. The third kappa shape index (κ3) is 4.28. The predicted molar refractivity (Wildman–Crippen MR) is 94.9 cm³/mol. The molecule has 0 saturated carbocycles. The van der Waals surface area contributed by atoms with E-state index in [2.05, 4.69) is 39.7 Å². The highest BCUT2D eigenvalue weighted by Crippen LogP contribution is 2.27. The molecule has 0 saturated heterocycles. The predicted octanol–water partition coefficient (Wildman–Crippen LogP) is 6.00. The van der Waals surface area contributed by atoms with Crippen molar-refractivity contribution in [3.8, 4) is 0 Å². The number of H-pyrrole nitrogens is 1. The van der Waals surface area contributed by atoms with Gasteiger partial charge in [-0.25, -0.2) is 4.98 Å². The van der Waals surface area contributed by atoms with Crippen molar-refractivity contribution < 1.29 is 0 Å². The standard InChI is InChI=1S/C15H15BrCl2N2S/c1-8(2)6-12-14(16)15(21)20-13(19-12)7-9-10(17)4-3-5-11(9)18/h3-5,8H,6-7H2,1-2H3,(H,19,20,21). The largest absolute Gasteiger partial charge is 0.346 e. The van der Waals surface area contributed by atoms with Crippen LogP contribution in [0.5, 0.6) is 0 Å². The van der Waals surface area contributed by atoms with Crippen molar-refractivity contribution in [3.05, 3.63) is 54.4 Å². The van der Waals surface area contributed by atoms with Crippen LogP contribution in [0.3, 0.4) is 0 Å². The van der Waals surface area contributed by atoms with Crippen LogP contribution in [-0.4, -0.2) is 9.97 Å². The molecule has 1 heterocycles. The van der Waals surface area contributed by atoms with Crippen LogP contribution >= 0.6 is 51.3 Å². The van der Waals surface area contributed by atoms with E-state index in [1.165, 1.54) is 0 Å². The number of hydrogen-bond donors (Lipinski definition) is 1. The Kier molecular flexibility index (Phi) is 5.83. The molecule has 0 amide bonds. The van der Waals surface area contributed by atoms with Crippen LogP contribution in [0, 0.1) is 10.6 Å². The van der Waals surface area contributed by atoms with Gasteiger partial charge in [0.05, 0.1) is 4.47 Å². The van der Waals surface area contributed by atoms with Crippen LogP contribution in [0.1, 0.15) is 30.9 Å². The lowest BCUT2D eigenvalue weighted by atomic mass is 10.1. The molecule has 6 heteroatoms. The summed E-state index contributed by atoms with van der Waals surface area (Å²) in [4.78, 5) is 7.76. The van der Waals surface area contributed by atoms with Crippen LogP contribution in [-0.2, 0) is 12.8 Å². The Bertz CT molecular complexity index is 693. The normalized spacial score (nSPS) is 11.1. The third-order valence-corrected chi connectivity index (χ3v) is 5.12. The van der Waals surface area contributed by atoms with E-state index < -0.39 is 0 Å². The van der Waals surface area contributed by atoms with E-state index in [-0.39, 0.29) is 0 Å². The monoisotopic (exact) mass is 404 g/mol. The number of aromatic nitrogens is 2. The molecule has 0 aliphatic heterocycles. The van der Waals surface area contributed by atoms with Crippen LogP contribution in [0.15, 0.2) is 22.7 Å². The Morgan fingerprint density at radius 3 is 2.48 bits per heavy atom. The van der Waals surface area contributed by atoms with Gasteiger partial charge >= 0.3 is 0 Å². The lowest BCUT2D eigenvalue weighted by Gasteiger charge is -2.12. The lowest BCUT2D eigenvalue weighted by Crippen LogP contribution is -2.06. The number of hydrogen-bond acceptors (Lipinski definition) is 2. The van der Waals surface area contributed by atoms with Crippen LogP contribution in [0.25, 0.3) is 0 Å². The average Bonchev–Trinajstić information content (AvgIpc) is 2.39. The fourth-order valence-corrected chi connectivity index (χ4v) is 3.17. The van der Waals surface area contributed by atoms with Crippen LogP contribution < -0.4 is 0 Å². The van der Waals surface area contributed by atoms with Crippen molar-refractivity contribution in [2.45, 2.75) is 26.7 Å². The molecular formula is C15H15BrCl2N2S. The molecule has 0 bridgehead atoms. The highest BCUT2D eigenvalue weighted by molar-refractivity contribution is 9.10. The minimum atomic E-state index is 0.520. The van der Waals surface area contributed by atoms with Gasteiger partial charge in [0.1, 0.15) is 10.5 Å². The number of nitrogens with one attached hydrogen (secondary N) is 1. The van der Waals surface area contributed by atoms with Gasteiger partial charge in [0.25, 0.3) is 0 Å². The van der Waals surface area contributed by atoms with E-state index >= 15 is 0 Å². The van der Waals surface area contributed by atoms with E-state index in [4.69, 9.17) is 35.4 Å². The van der Waals surface area contributed by atoms with E-state index in [1.807, 2.05) is 18.2 Å². The molecule has 0 radical (unpaired) electrons. The Morgan fingerprint density at radius 1 is 1.29 bits per heavy atom. The van der Waals surface area contributed by atoms with Crippen molar-refractivity contribution in [2.75, 3.05) is 0 Å². The molecule has 0 aliphatic carbocycles. The molecule has 0 aliphatic rings. The van der Waals surface area contributed by atoms with Crippen molar-refractivity contribution in [1.82, 2.24) is 9.97 Å². The van der Waals surface area contributed by atoms with Crippen LogP contribution in [0.2, 0.25) is 10.0 Å². The maximum atomic E-state index is 6.21. The smallest absolute Gasteiger partial charge is 0.144 e. The van der Waals surface area contributed by atoms with Gasteiger partial charge in [0.15, 0.2) is 0 Å². The number of nitrogens with zero attached hydrogens (tertiary/aromatic N) is 1. The fraction of sp³-hybridized carbons (Fsp3) is 0.333. The molecule has 2 nitrogen and oxygen atoms in total. The molecule has 2 aromatic rings. The van der Waals surface area contributed by atoms with Crippen molar-refractivity contribution in [2.24, 2.45) is 5.92 Å². The first kappa shape index (κ1) is 16.9. The lowest BCUT2D eigenvalue weighted by molar-refractivity contribution is 0.628. The van der Waals surface area contributed by atoms with Crippen molar-refractivity contribution in [3.63, 3.8) is 0 Å². The van der Waals surface area contributed by atoms with Gasteiger partial charge < -0.3 is 4.98 Å². The second kappa shape index (κ2) is 7.23. The molecule has 1 aromatic heterocycles. The summed E-state index contributed by atoms with van der Waals surface area (Å²) in [7, 11) is 0. The zero-order chi connectivity index (χ0) is 15.6. The fourth-order valence-electron chi connectivity index (χ4n) is 2.06. The zero-order valence-corrected chi connectivity index (χ0v) is 15.6. The third-order valence-electron chi connectivity index (χ3n) is 3.00. The number of rotatable bonds is 4. The van der Waals surface area contributed by atoms with Gasteiger partial charge in [-0.2, -0.15) is 0 Å². The number of benzene rings is 1. The molecule has 1 N–H and O–H groups in total. The average molecular weight is 406 g/mol. The summed E-state index contributed by atoms with van der Waals surface area (Å²) < 4.78 is 1.42. The summed E-state index contributed by atoms with van der Waals surface area (Å²) in [5.74, 6) is 1.29. The zero-order valence-electron chi connectivity index (χ0n) is 11.7. The van der Waals surface area contributed by atoms with Crippen molar-refractivity contribution >= 4 is 51.3 Å². The summed E-state index contributed by atoms with van der Waals surface area (Å²) in [6, 6.07) is 5.48. The number of halogens is 3. The minimum Gasteiger partial charge on any atom is -0.346 e. The second-order valence-corrected chi connectivity index (χ2v) is 7.25. The second-order valence-electron chi connectivity index (χ2n) is 5.26. The number of aromatic amines is 1. The topological polar surface area (TPSA) is 28.7 Å². The first-order valence-electron chi connectivity index (χ1n) is 6.59. The molecule has 0 atom stereocenters. The van der Waals surface area contributed by atoms with E-state index in [0.29, 0.717) is 27.0 Å². The maximum absolute atomic E-state index is 6.21. The van der Waals surface area contributed by atoms with Gasteiger partial charge in [0.2, 0.25) is 0 Å². The van der Waals surface area contributed by atoms with E-state index in [0.717, 1.165) is 28.0 Å². The molecule has 0 unspecified atom stereocenters. The molecule has 2 rings (SSSR count). The summed E-state index contributed by atoms with van der Waals surface area (Å²) in [6.07, 6.45) is 1.43. The highest BCUT2D eigenvalue weighted by atomic mass is 79.9. The summed E-state index contributed by atoms with van der Waals surface area (Å²) in [5, 5.41) is 1.27. The minimum absolute atomic E-state index is 0.520. The van der Waals surface area contributed by atoms with Gasteiger partial charge in [-0.1, -0.05) is 55.3 Å². The van der Waals surface area contributed by atoms with Gasteiger partial charge in [-0.3, -0.25) is 0 Å². The Morgan fingerprint density at radius 2 is 1.90 bits per heavy atom. The molecule has 0 fully saturated rings. The molecular weight excluding hydrogens is 391 g/mol. The molecule has 21 heavy (non-hydrogen) atoms. The SMILES string of the molecule is CC(C)Cc1[nH]c(Cc2c(Cl)cccc2Cl)nc(=S)c1Br. The van der Waals surface area contributed by atoms with E-state index in [1.54, 1.807) is 0 Å². The summed E-state index contributed by atoms with van der Waals surface area (Å²) in [6.45, 7) is 4.32.